The molecule has 0 amide bonds. The molecule has 72 valence electrons. The molecule has 0 aromatic carbocycles. The minimum Gasteiger partial charge on any atom is -0.379 e. The molecule has 1 atom stereocenters. The van der Waals surface area contributed by atoms with Gasteiger partial charge in [0.1, 0.15) is 9.84 Å². The molecule has 1 aliphatic rings. The van der Waals surface area contributed by atoms with Crippen LogP contribution in [-0.4, -0.2) is 46.2 Å². The lowest BCUT2D eigenvalue weighted by atomic mass is 10.2. The van der Waals surface area contributed by atoms with Gasteiger partial charge < -0.3 is 10.1 Å². The predicted octanol–water partition coefficient (Wildman–Crippen LogP) is -0.590. The van der Waals surface area contributed by atoms with Crippen LogP contribution >= 0.6 is 0 Å². The molecule has 0 unspecified atom stereocenters. The summed E-state index contributed by atoms with van der Waals surface area (Å²) in [6.07, 6.45) is 1.91. The van der Waals surface area contributed by atoms with E-state index in [1.807, 2.05) is 0 Å². The average Bonchev–Trinajstić information content (AvgIpc) is 2.02. The van der Waals surface area contributed by atoms with Crippen LogP contribution in [-0.2, 0) is 14.6 Å². The Hall–Kier alpha value is -0.130. The lowest BCUT2D eigenvalue weighted by molar-refractivity contribution is 0.0760. The van der Waals surface area contributed by atoms with Crippen molar-refractivity contribution in [3.8, 4) is 0 Å². The highest BCUT2D eigenvalue weighted by Gasteiger charge is 2.14. The first-order valence-corrected chi connectivity index (χ1v) is 6.13. The van der Waals surface area contributed by atoms with Crippen LogP contribution in [0.3, 0.4) is 0 Å². The molecule has 0 bridgehead atoms. The summed E-state index contributed by atoms with van der Waals surface area (Å²) in [5.74, 6) is 0.244. The van der Waals surface area contributed by atoms with E-state index in [0.717, 1.165) is 13.2 Å². The number of hydrogen-bond acceptors (Lipinski definition) is 4. The highest BCUT2D eigenvalue weighted by Crippen LogP contribution is 2.00. The summed E-state index contributed by atoms with van der Waals surface area (Å²) in [7, 11) is -2.82. The number of ether oxygens (including phenoxy) is 1. The number of sulfone groups is 1. The standard InChI is InChI=1S/C7H15NO3S/c1-12(9,10)5-2-7-6-11-4-3-8-7/h7-8H,2-6H2,1H3/t7-/m0/s1. The third-order valence-corrected chi connectivity index (χ3v) is 2.81. The average molecular weight is 193 g/mol. The first-order valence-electron chi connectivity index (χ1n) is 4.07. The second-order valence-corrected chi connectivity index (χ2v) is 5.40. The zero-order valence-corrected chi connectivity index (χ0v) is 8.06. The summed E-state index contributed by atoms with van der Waals surface area (Å²) in [6.45, 7) is 2.19. The van der Waals surface area contributed by atoms with Gasteiger partial charge in [0.25, 0.3) is 0 Å². The molecule has 12 heavy (non-hydrogen) atoms. The summed E-state index contributed by atoms with van der Waals surface area (Å²) in [6, 6.07) is 0.216. The normalized spacial score (nSPS) is 25.6. The van der Waals surface area contributed by atoms with Crippen molar-refractivity contribution in [3.63, 3.8) is 0 Å². The number of hydrogen-bond donors (Lipinski definition) is 1. The first-order chi connectivity index (χ1) is 5.58. The van der Waals surface area contributed by atoms with Crippen molar-refractivity contribution in [2.75, 3.05) is 31.8 Å². The van der Waals surface area contributed by atoms with Gasteiger partial charge in [-0.25, -0.2) is 8.42 Å². The molecule has 1 rings (SSSR count). The van der Waals surface area contributed by atoms with Gasteiger partial charge in [0.15, 0.2) is 0 Å². The molecule has 5 heteroatoms. The Morgan fingerprint density at radius 3 is 2.83 bits per heavy atom. The van der Waals surface area contributed by atoms with E-state index in [9.17, 15) is 8.42 Å². The zero-order valence-electron chi connectivity index (χ0n) is 7.25. The quantitative estimate of drug-likeness (QED) is 0.651. The van der Waals surface area contributed by atoms with E-state index in [2.05, 4.69) is 5.32 Å². The molecule has 4 nitrogen and oxygen atoms in total. The Morgan fingerprint density at radius 1 is 1.58 bits per heavy atom. The van der Waals surface area contributed by atoms with Crippen molar-refractivity contribution >= 4 is 9.84 Å². The molecular weight excluding hydrogens is 178 g/mol. The van der Waals surface area contributed by atoms with Gasteiger partial charge in [-0.3, -0.25) is 0 Å². The SMILES string of the molecule is CS(=O)(=O)CC[C@H]1COCCN1. The number of rotatable bonds is 3. The molecule has 1 saturated heterocycles. The van der Waals surface area contributed by atoms with Crippen LogP contribution in [0.4, 0.5) is 0 Å². The van der Waals surface area contributed by atoms with Crippen molar-refractivity contribution < 1.29 is 13.2 Å². The van der Waals surface area contributed by atoms with E-state index < -0.39 is 9.84 Å². The maximum Gasteiger partial charge on any atom is 0.147 e. The van der Waals surface area contributed by atoms with E-state index in [4.69, 9.17) is 4.74 Å². The van der Waals surface area contributed by atoms with Crippen LogP contribution in [0.2, 0.25) is 0 Å². The van der Waals surface area contributed by atoms with Crippen LogP contribution in [0.5, 0.6) is 0 Å². The highest BCUT2D eigenvalue weighted by atomic mass is 32.2. The van der Waals surface area contributed by atoms with Gasteiger partial charge in [-0.2, -0.15) is 0 Å². The molecule has 1 N–H and O–H groups in total. The van der Waals surface area contributed by atoms with Gasteiger partial charge in [-0.05, 0) is 6.42 Å². The maximum atomic E-state index is 10.8. The maximum absolute atomic E-state index is 10.8. The van der Waals surface area contributed by atoms with E-state index in [1.165, 1.54) is 6.26 Å². The summed E-state index contributed by atoms with van der Waals surface area (Å²) in [4.78, 5) is 0. The fourth-order valence-corrected chi connectivity index (χ4v) is 1.87. The van der Waals surface area contributed by atoms with Crippen LogP contribution in [0, 0.1) is 0 Å². The molecule has 0 aromatic rings. The molecule has 0 aromatic heterocycles. The largest absolute Gasteiger partial charge is 0.379 e. The molecular formula is C7H15NO3S. The number of morpholine rings is 1. The van der Waals surface area contributed by atoms with Gasteiger partial charge in [-0.1, -0.05) is 0 Å². The van der Waals surface area contributed by atoms with Gasteiger partial charge in [0.05, 0.1) is 19.0 Å². The van der Waals surface area contributed by atoms with E-state index in [0.29, 0.717) is 13.0 Å². The molecule has 1 fully saturated rings. The molecule has 0 radical (unpaired) electrons. The summed E-state index contributed by atoms with van der Waals surface area (Å²) >= 11 is 0. The Kier molecular flexibility index (Phi) is 3.49. The van der Waals surface area contributed by atoms with Crippen LogP contribution < -0.4 is 5.32 Å². The van der Waals surface area contributed by atoms with E-state index >= 15 is 0 Å². The minimum atomic E-state index is -2.82. The van der Waals surface area contributed by atoms with Crippen molar-refractivity contribution in [1.82, 2.24) is 5.32 Å². The topological polar surface area (TPSA) is 55.4 Å². The summed E-state index contributed by atoms with van der Waals surface area (Å²) in [5.41, 5.74) is 0. The monoisotopic (exact) mass is 193 g/mol. The molecule has 1 heterocycles. The molecule has 1 aliphatic heterocycles. The van der Waals surface area contributed by atoms with Crippen molar-refractivity contribution in [1.29, 1.82) is 0 Å². The number of nitrogens with one attached hydrogen (secondary N) is 1. The smallest absolute Gasteiger partial charge is 0.147 e. The summed E-state index contributed by atoms with van der Waals surface area (Å²) < 4.78 is 26.8. The summed E-state index contributed by atoms with van der Waals surface area (Å²) in [5, 5.41) is 3.20. The van der Waals surface area contributed by atoms with Gasteiger partial charge >= 0.3 is 0 Å². The van der Waals surface area contributed by atoms with Crippen molar-refractivity contribution in [2.24, 2.45) is 0 Å². The Morgan fingerprint density at radius 2 is 2.33 bits per heavy atom. The fourth-order valence-electron chi connectivity index (χ4n) is 1.16. The van der Waals surface area contributed by atoms with E-state index in [1.54, 1.807) is 0 Å². The molecule has 0 saturated carbocycles. The first kappa shape index (κ1) is 9.95. The Labute approximate surface area is 73.2 Å². The fraction of sp³-hybridized carbons (Fsp3) is 1.00. The van der Waals surface area contributed by atoms with Crippen LogP contribution in [0.15, 0.2) is 0 Å². The van der Waals surface area contributed by atoms with Gasteiger partial charge in [-0.15, -0.1) is 0 Å². The molecule has 0 aliphatic carbocycles. The third-order valence-electron chi connectivity index (χ3n) is 1.84. The second-order valence-electron chi connectivity index (χ2n) is 3.14. The Balaban J connectivity index is 2.22. The molecule has 0 spiro atoms. The van der Waals surface area contributed by atoms with Crippen molar-refractivity contribution in [2.45, 2.75) is 12.5 Å². The highest BCUT2D eigenvalue weighted by molar-refractivity contribution is 7.90. The predicted molar refractivity (Wildman–Crippen MR) is 46.9 cm³/mol. The Bertz CT molecular complexity index is 219. The lowest BCUT2D eigenvalue weighted by Crippen LogP contribution is -2.42. The van der Waals surface area contributed by atoms with Crippen LogP contribution in [0.1, 0.15) is 6.42 Å². The van der Waals surface area contributed by atoms with Gasteiger partial charge in [0.2, 0.25) is 0 Å². The van der Waals surface area contributed by atoms with Crippen molar-refractivity contribution in [3.05, 3.63) is 0 Å². The minimum absolute atomic E-state index is 0.216. The van der Waals surface area contributed by atoms with Gasteiger partial charge in [0, 0.05) is 18.8 Å². The second kappa shape index (κ2) is 4.20. The zero-order chi connectivity index (χ0) is 9.03. The third kappa shape index (κ3) is 4.04. The van der Waals surface area contributed by atoms with Crippen LogP contribution in [0.25, 0.3) is 0 Å². The lowest BCUT2D eigenvalue weighted by Gasteiger charge is -2.23. The van der Waals surface area contributed by atoms with E-state index in [-0.39, 0.29) is 11.8 Å².